The van der Waals surface area contributed by atoms with Gasteiger partial charge in [-0.3, -0.25) is 4.79 Å². The van der Waals surface area contributed by atoms with Crippen LogP contribution >= 0.6 is 0 Å². The second kappa shape index (κ2) is 7.13. The molecule has 2 aromatic carbocycles. The maximum atomic E-state index is 12.8. The highest BCUT2D eigenvalue weighted by Gasteiger charge is 2.29. The van der Waals surface area contributed by atoms with Gasteiger partial charge in [0, 0.05) is 17.2 Å². The lowest BCUT2D eigenvalue weighted by atomic mass is 9.89. The smallest absolute Gasteiger partial charge is 0.250 e. The standard InChI is InChI=1S/C22H21N3O/c23-14-16-10-12-19(13-11-16)25-15-18-8-4-5-9-20(18)21(25)24-22(26)17-6-2-1-3-7-17/h4-5,8-13,17H,1-3,6-7,15H2. The van der Waals surface area contributed by atoms with E-state index in [-0.39, 0.29) is 11.8 Å². The summed E-state index contributed by atoms with van der Waals surface area (Å²) in [6.07, 6.45) is 5.37. The summed E-state index contributed by atoms with van der Waals surface area (Å²) in [5, 5.41) is 9.02. The first-order valence-electron chi connectivity index (χ1n) is 9.25. The molecule has 0 saturated heterocycles. The van der Waals surface area contributed by atoms with Crippen molar-refractivity contribution in [3.63, 3.8) is 0 Å². The van der Waals surface area contributed by atoms with Gasteiger partial charge in [-0.25, -0.2) is 0 Å². The number of benzene rings is 2. The third kappa shape index (κ3) is 3.13. The fourth-order valence-electron chi connectivity index (χ4n) is 3.86. The van der Waals surface area contributed by atoms with Crippen LogP contribution in [0.5, 0.6) is 0 Å². The molecule has 4 heteroatoms. The SMILES string of the molecule is N#Cc1ccc(N2Cc3ccccc3C2=NC(=O)C2CCCCC2)cc1. The molecule has 0 bridgehead atoms. The van der Waals surface area contributed by atoms with Gasteiger partial charge in [0.2, 0.25) is 0 Å². The Balaban J connectivity index is 1.70. The van der Waals surface area contributed by atoms with E-state index in [0.717, 1.165) is 42.8 Å². The van der Waals surface area contributed by atoms with Crippen molar-refractivity contribution in [3.8, 4) is 6.07 Å². The lowest BCUT2D eigenvalue weighted by molar-refractivity contribution is -0.122. The van der Waals surface area contributed by atoms with Gasteiger partial charge >= 0.3 is 0 Å². The van der Waals surface area contributed by atoms with E-state index >= 15 is 0 Å². The Morgan fingerprint density at radius 2 is 1.77 bits per heavy atom. The molecule has 1 saturated carbocycles. The van der Waals surface area contributed by atoms with Crippen molar-refractivity contribution in [3.05, 3.63) is 65.2 Å². The van der Waals surface area contributed by atoms with Gasteiger partial charge in [0.25, 0.3) is 5.91 Å². The summed E-state index contributed by atoms with van der Waals surface area (Å²) in [4.78, 5) is 19.4. The van der Waals surface area contributed by atoms with E-state index in [1.807, 2.05) is 30.3 Å². The number of aliphatic imine (C=N–C) groups is 1. The molecular weight excluding hydrogens is 322 g/mol. The first-order valence-corrected chi connectivity index (χ1v) is 9.25. The van der Waals surface area contributed by atoms with Gasteiger partial charge in [0.1, 0.15) is 5.84 Å². The predicted octanol–water partition coefficient (Wildman–Crippen LogP) is 4.43. The minimum Gasteiger partial charge on any atom is -0.321 e. The van der Waals surface area contributed by atoms with Crippen LogP contribution in [0.4, 0.5) is 5.69 Å². The summed E-state index contributed by atoms with van der Waals surface area (Å²) in [6.45, 7) is 0.693. The minimum absolute atomic E-state index is 0.00930. The molecule has 2 aromatic rings. The molecule has 1 fully saturated rings. The Hall–Kier alpha value is -2.93. The Kier molecular flexibility index (Phi) is 4.53. The molecule has 0 N–H and O–H groups in total. The molecule has 130 valence electrons. The van der Waals surface area contributed by atoms with Crippen molar-refractivity contribution in [2.75, 3.05) is 4.90 Å². The number of hydrogen-bond donors (Lipinski definition) is 0. The maximum absolute atomic E-state index is 12.8. The Labute approximate surface area is 153 Å². The molecule has 0 aromatic heterocycles. The number of carbonyl (C=O) groups is 1. The highest BCUT2D eigenvalue weighted by atomic mass is 16.1. The molecule has 1 aliphatic heterocycles. The van der Waals surface area contributed by atoms with Gasteiger partial charge < -0.3 is 4.90 Å². The number of carbonyl (C=O) groups excluding carboxylic acids is 1. The number of fused-ring (bicyclic) bond motifs is 1. The van der Waals surface area contributed by atoms with Gasteiger partial charge in [0.15, 0.2) is 0 Å². The summed E-state index contributed by atoms with van der Waals surface area (Å²) < 4.78 is 0. The van der Waals surface area contributed by atoms with E-state index in [1.54, 1.807) is 12.1 Å². The van der Waals surface area contributed by atoms with Crippen LogP contribution < -0.4 is 4.90 Å². The highest BCUT2D eigenvalue weighted by molar-refractivity contribution is 6.17. The van der Waals surface area contributed by atoms with Crippen LogP contribution in [0.3, 0.4) is 0 Å². The summed E-state index contributed by atoms with van der Waals surface area (Å²) in [5.74, 6) is 0.808. The number of nitriles is 1. The minimum atomic E-state index is 0.00930. The first-order chi connectivity index (χ1) is 12.8. The molecule has 4 nitrogen and oxygen atoms in total. The highest BCUT2D eigenvalue weighted by Crippen LogP contribution is 2.30. The quantitative estimate of drug-likeness (QED) is 0.810. The largest absolute Gasteiger partial charge is 0.321 e. The van der Waals surface area contributed by atoms with Crippen molar-refractivity contribution >= 4 is 17.4 Å². The Bertz CT molecular complexity index is 886. The second-order valence-corrected chi connectivity index (χ2v) is 7.01. The fourth-order valence-corrected chi connectivity index (χ4v) is 3.86. The third-order valence-electron chi connectivity index (χ3n) is 5.32. The van der Waals surface area contributed by atoms with Crippen LogP contribution in [0.1, 0.15) is 48.8 Å². The lowest BCUT2D eigenvalue weighted by Gasteiger charge is -2.21. The van der Waals surface area contributed by atoms with Crippen molar-refractivity contribution in [2.45, 2.75) is 38.6 Å². The normalized spacial score (nSPS) is 18.6. The molecular formula is C22H21N3O. The van der Waals surface area contributed by atoms with E-state index < -0.39 is 0 Å². The summed E-state index contributed by atoms with van der Waals surface area (Å²) >= 11 is 0. The third-order valence-corrected chi connectivity index (χ3v) is 5.32. The van der Waals surface area contributed by atoms with Crippen LogP contribution in [0.25, 0.3) is 0 Å². The van der Waals surface area contributed by atoms with Gasteiger partial charge in [-0.15, -0.1) is 0 Å². The van der Waals surface area contributed by atoms with Crippen LogP contribution in [0, 0.1) is 17.2 Å². The van der Waals surface area contributed by atoms with E-state index in [0.29, 0.717) is 12.1 Å². The summed E-state index contributed by atoms with van der Waals surface area (Å²) in [5.41, 5.74) is 3.78. The molecule has 1 aliphatic carbocycles. The van der Waals surface area contributed by atoms with Gasteiger partial charge in [-0.2, -0.15) is 10.3 Å². The zero-order valence-corrected chi connectivity index (χ0v) is 14.7. The Morgan fingerprint density at radius 1 is 1.04 bits per heavy atom. The zero-order valence-electron chi connectivity index (χ0n) is 14.7. The van der Waals surface area contributed by atoms with E-state index in [1.165, 1.54) is 12.0 Å². The van der Waals surface area contributed by atoms with Crippen molar-refractivity contribution in [1.29, 1.82) is 5.26 Å². The van der Waals surface area contributed by atoms with E-state index in [4.69, 9.17) is 5.26 Å². The van der Waals surface area contributed by atoms with E-state index in [9.17, 15) is 4.79 Å². The van der Waals surface area contributed by atoms with Crippen LogP contribution in [-0.4, -0.2) is 11.7 Å². The lowest BCUT2D eigenvalue weighted by Crippen LogP contribution is -2.27. The topological polar surface area (TPSA) is 56.5 Å². The zero-order chi connectivity index (χ0) is 17.9. The number of nitrogens with zero attached hydrogens (tertiary/aromatic N) is 3. The average Bonchev–Trinajstić information content (AvgIpc) is 3.07. The molecule has 2 aliphatic rings. The fraction of sp³-hybridized carbons (Fsp3) is 0.318. The summed E-state index contributed by atoms with van der Waals surface area (Å²) in [6, 6.07) is 17.7. The molecule has 0 atom stereocenters. The summed E-state index contributed by atoms with van der Waals surface area (Å²) in [7, 11) is 0. The molecule has 4 rings (SSSR count). The average molecular weight is 343 g/mol. The van der Waals surface area contributed by atoms with Gasteiger partial charge in [0.05, 0.1) is 18.2 Å². The van der Waals surface area contributed by atoms with Crippen LogP contribution in [0.2, 0.25) is 0 Å². The first kappa shape index (κ1) is 16.5. The molecule has 0 spiro atoms. The number of rotatable bonds is 2. The monoisotopic (exact) mass is 343 g/mol. The van der Waals surface area contributed by atoms with Crippen molar-refractivity contribution < 1.29 is 4.79 Å². The van der Waals surface area contributed by atoms with Crippen LogP contribution in [-0.2, 0) is 11.3 Å². The number of amidine groups is 1. The molecule has 0 radical (unpaired) electrons. The van der Waals surface area contributed by atoms with Crippen LogP contribution in [0.15, 0.2) is 53.5 Å². The van der Waals surface area contributed by atoms with E-state index in [2.05, 4.69) is 22.0 Å². The number of anilines is 1. The predicted molar refractivity (Wildman–Crippen MR) is 102 cm³/mol. The molecule has 1 amide bonds. The number of amides is 1. The Morgan fingerprint density at radius 3 is 2.50 bits per heavy atom. The van der Waals surface area contributed by atoms with Crippen molar-refractivity contribution in [1.82, 2.24) is 0 Å². The second-order valence-electron chi connectivity index (χ2n) is 7.01. The maximum Gasteiger partial charge on any atom is 0.250 e. The van der Waals surface area contributed by atoms with Crippen molar-refractivity contribution in [2.24, 2.45) is 10.9 Å². The van der Waals surface area contributed by atoms with Gasteiger partial charge in [-0.1, -0.05) is 43.5 Å². The van der Waals surface area contributed by atoms with Gasteiger partial charge in [-0.05, 0) is 42.7 Å². The molecule has 1 heterocycles. The molecule has 26 heavy (non-hydrogen) atoms. The molecule has 0 unspecified atom stereocenters. The number of hydrogen-bond acceptors (Lipinski definition) is 2.